The summed E-state index contributed by atoms with van der Waals surface area (Å²) in [6.45, 7) is 4.50. The largest absolute Gasteiger partial charge is 0.439 e. The van der Waals surface area contributed by atoms with E-state index >= 15 is 0 Å². The smallest absolute Gasteiger partial charge is 0.219 e. The van der Waals surface area contributed by atoms with E-state index in [1.54, 1.807) is 0 Å². The highest BCUT2D eigenvalue weighted by molar-refractivity contribution is 5.38. The summed E-state index contributed by atoms with van der Waals surface area (Å²) in [5.41, 5.74) is 8.69. The Balaban J connectivity index is 2.25. The molecule has 0 bridgehead atoms. The molecule has 1 aromatic heterocycles. The van der Waals surface area contributed by atoms with Gasteiger partial charge in [-0.3, -0.25) is 0 Å². The van der Waals surface area contributed by atoms with Crippen LogP contribution in [0, 0.1) is 13.8 Å². The highest BCUT2D eigenvalue weighted by Gasteiger charge is 2.03. The van der Waals surface area contributed by atoms with E-state index in [2.05, 4.69) is 18.0 Å². The first-order valence-electron chi connectivity index (χ1n) is 5.60. The van der Waals surface area contributed by atoms with Crippen LogP contribution in [-0.4, -0.2) is 4.98 Å². The molecular formula is C14H16N2O. The van der Waals surface area contributed by atoms with E-state index in [1.807, 2.05) is 37.3 Å². The van der Waals surface area contributed by atoms with Crippen molar-refractivity contribution >= 4 is 0 Å². The molecule has 2 N–H and O–H groups in total. The molecule has 0 radical (unpaired) electrons. The van der Waals surface area contributed by atoms with Crippen LogP contribution in [0.5, 0.6) is 11.6 Å². The van der Waals surface area contributed by atoms with Crippen LogP contribution in [-0.2, 0) is 6.54 Å². The summed E-state index contributed by atoms with van der Waals surface area (Å²) in [5, 5.41) is 0. The van der Waals surface area contributed by atoms with E-state index in [0.717, 1.165) is 17.0 Å². The third-order valence-corrected chi connectivity index (χ3v) is 2.54. The minimum absolute atomic E-state index is 0.421. The van der Waals surface area contributed by atoms with Crippen LogP contribution >= 0.6 is 0 Å². The second kappa shape index (κ2) is 4.97. The SMILES string of the molecule is Cc1ccc(Oc2cccc(CN)n2)c(C)c1. The minimum Gasteiger partial charge on any atom is -0.439 e. The number of hydrogen-bond donors (Lipinski definition) is 1. The number of pyridine rings is 1. The predicted octanol–water partition coefficient (Wildman–Crippen LogP) is 2.95. The first-order chi connectivity index (χ1) is 8.19. The lowest BCUT2D eigenvalue weighted by atomic mass is 10.1. The van der Waals surface area contributed by atoms with Crippen molar-refractivity contribution in [3.63, 3.8) is 0 Å². The standard InChI is InChI=1S/C14H16N2O/c1-10-6-7-13(11(2)8-10)17-14-5-3-4-12(9-15)16-14/h3-8H,9,15H2,1-2H3. The monoisotopic (exact) mass is 228 g/mol. The lowest BCUT2D eigenvalue weighted by molar-refractivity contribution is 0.457. The minimum atomic E-state index is 0.421. The second-order valence-corrected chi connectivity index (χ2v) is 4.04. The lowest BCUT2D eigenvalue weighted by Gasteiger charge is -2.09. The van der Waals surface area contributed by atoms with Gasteiger partial charge in [0, 0.05) is 12.6 Å². The summed E-state index contributed by atoms with van der Waals surface area (Å²) in [4.78, 5) is 4.30. The van der Waals surface area contributed by atoms with Crippen molar-refractivity contribution < 1.29 is 4.74 Å². The van der Waals surface area contributed by atoms with Gasteiger partial charge in [0.05, 0.1) is 5.69 Å². The number of nitrogens with two attached hydrogens (primary N) is 1. The lowest BCUT2D eigenvalue weighted by Crippen LogP contribution is -2.00. The van der Waals surface area contributed by atoms with Crippen LogP contribution in [0.1, 0.15) is 16.8 Å². The Kier molecular flexibility index (Phi) is 3.40. The molecule has 17 heavy (non-hydrogen) atoms. The molecule has 3 nitrogen and oxygen atoms in total. The van der Waals surface area contributed by atoms with Gasteiger partial charge in [-0.15, -0.1) is 0 Å². The quantitative estimate of drug-likeness (QED) is 0.878. The zero-order valence-corrected chi connectivity index (χ0v) is 10.1. The highest BCUT2D eigenvalue weighted by atomic mass is 16.5. The van der Waals surface area contributed by atoms with E-state index < -0.39 is 0 Å². The van der Waals surface area contributed by atoms with Gasteiger partial charge in [0.15, 0.2) is 0 Å². The van der Waals surface area contributed by atoms with Crippen molar-refractivity contribution in [2.45, 2.75) is 20.4 Å². The Morgan fingerprint density at radius 1 is 1.18 bits per heavy atom. The summed E-state index contributed by atoms with van der Waals surface area (Å²) in [6, 6.07) is 11.7. The van der Waals surface area contributed by atoms with Crippen LogP contribution in [0.3, 0.4) is 0 Å². The van der Waals surface area contributed by atoms with Crippen molar-refractivity contribution in [1.82, 2.24) is 4.98 Å². The molecule has 0 fully saturated rings. The van der Waals surface area contributed by atoms with Gasteiger partial charge in [-0.1, -0.05) is 23.8 Å². The molecule has 2 rings (SSSR count). The molecule has 0 aliphatic heterocycles. The number of aromatic nitrogens is 1. The Labute approximate surface area is 101 Å². The van der Waals surface area contributed by atoms with Gasteiger partial charge in [-0.05, 0) is 31.5 Å². The number of benzene rings is 1. The van der Waals surface area contributed by atoms with Gasteiger partial charge >= 0.3 is 0 Å². The number of rotatable bonds is 3. The highest BCUT2D eigenvalue weighted by Crippen LogP contribution is 2.24. The van der Waals surface area contributed by atoms with Crippen LogP contribution in [0.2, 0.25) is 0 Å². The fraction of sp³-hybridized carbons (Fsp3) is 0.214. The summed E-state index contributed by atoms with van der Waals surface area (Å²) in [6.07, 6.45) is 0. The topological polar surface area (TPSA) is 48.1 Å². The third kappa shape index (κ3) is 2.82. The molecule has 0 amide bonds. The molecule has 0 saturated carbocycles. The van der Waals surface area contributed by atoms with Gasteiger partial charge < -0.3 is 10.5 Å². The van der Waals surface area contributed by atoms with E-state index in [1.165, 1.54) is 5.56 Å². The number of ether oxygens (including phenoxy) is 1. The molecule has 1 heterocycles. The average Bonchev–Trinajstić information content (AvgIpc) is 2.33. The maximum Gasteiger partial charge on any atom is 0.219 e. The fourth-order valence-corrected chi connectivity index (χ4v) is 1.65. The predicted molar refractivity (Wildman–Crippen MR) is 68.1 cm³/mol. The van der Waals surface area contributed by atoms with Crippen LogP contribution < -0.4 is 10.5 Å². The van der Waals surface area contributed by atoms with Crippen molar-refractivity contribution in [3.8, 4) is 11.6 Å². The molecule has 0 aliphatic rings. The first kappa shape index (κ1) is 11.6. The van der Waals surface area contributed by atoms with Gasteiger partial charge in [0.25, 0.3) is 0 Å². The third-order valence-electron chi connectivity index (χ3n) is 2.54. The van der Waals surface area contributed by atoms with E-state index in [-0.39, 0.29) is 0 Å². The molecule has 3 heteroatoms. The average molecular weight is 228 g/mol. The molecule has 0 spiro atoms. The van der Waals surface area contributed by atoms with Gasteiger partial charge in [-0.2, -0.15) is 0 Å². The van der Waals surface area contributed by atoms with E-state index in [9.17, 15) is 0 Å². The Morgan fingerprint density at radius 2 is 2.00 bits per heavy atom. The van der Waals surface area contributed by atoms with E-state index in [4.69, 9.17) is 10.5 Å². The van der Waals surface area contributed by atoms with Crippen molar-refractivity contribution in [3.05, 3.63) is 53.2 Å². The van der Waals surface area contributed by atoms with Gasteiger partial charge in [0.2, 0.25) is 5.88 Å². The molecule has 2 aromatic rings. The molecule has 0 saturated heterocycles. The number of hydrogen-bond acceptors (Lipinski definition) is 3. The Morgan fingerprint density at radius 3 is 2.71 bits per heavy atom. The maximum absolute atomic E-state index is 5.74. The molecular weight excluding hydrogens is 212 g/mol. The Bertz CT molecular complexity index is 523. The van der Waals surface area contributed by atoms with Crippen molar-refractivity contribution in [2.75, 3.05) is 0 Å². The van der Waals surface area contributed by atoms with Gasteiger partial charge in [0.1, 0.15) is 5.75 Å². The van der Waals surface area contributed by atoms with Crippen molar-refractivity contribution in [2.24, 2.45) is 5.73 Å². The van der Waals surface area contributed by atoms with Crippen LogP contribution in [0.25, 0.3) is 0 Å². The normalized spacial score (nSPS) is 10.3. The Hall–Kier alpha value is -1.87. The summed E-state index contributed by atoms with van der Waals surface area (Å²) >= 11 is 0. The number of nitrogens with zero attached hydrogens (tertiary/aromatic N) is 1. The van der Waals surface area contributed by atoms with Crippen LogP contribution in [0.15, 0.2) is 36.4 Å². The van der Waals surface area contributed by atoms with Crippen molar-refractivity contribution in [1.29, 1.82) is 0 Å². The van der Waals surface area contributed by atoms with Gasteiger partial charge in [-0.25, -0.2) is 4.98 Å². The van der Waals surface area contributed by atoms with Crippen LogP contribution in [0.4, 0.5) is 0 Å². The molecule has 0 atom stereocenters. The number of aryl methyl sites for hydroxylation is 2. The fourth-order valence-electron chi connectivity index (χ4n) is 1.65. The van der Waals surface area contributed by atoms with E-state index in [0.29, 0.717) is 12.4 Å². The summed E-state index contributed by atoms with van der Waals surface area (Å²) in [7, 11) is 0. The molecule has 1 aromatic carbocycles. The molecule has 0 unspecified atom stereocenters. The summed E-state index contributed by atoms with van der Waals surface area (Å²) < 4.78 is 5.74. The maximum atomic E-state index is 5.74. The molecule has 88 valence electrons. The summed E-state index contributed by atoms with van der Waals surface area (Å²) in [5.74, 6) is 1.41. The first-order valence-corrected chi connectivity index (χ1v) is 5.60. The molecule has 0 aliphatic carbocycles. The second-order valence-electron chi connectivity index (χ2n) is 4.04. The zero-order valence-electron chi connectivity index (χ0n) is 10.1. The zero-order chi connectivity index (χ0) is 12.3.